The van der Waals surface area contributed by atoms with Crippen LogP contribution in [0, 0.1) is 4.91 Å². The molecule has 12 heavy (non-hydrogen) atoms. The van der Waals surface area contributed by atoms with Gasteiger partial charge in [0.25, 0.3) is 0 Å². The number of nitrogens with zero attached hydrogens (tertiary/aromatic N) is 1. The first kappa shape index (κ1) is 7.24. The first-order valence-electron chi connectivity index (χ1n) is 3.35. The molecule has 1 aromatic carbocycles. The van der Waals surface area contributed by atoms with Gasteiger partial charge < -0.3 is 5.11 Å². The maximum atomic E-state index is 10.3. The Morgan fingerprint density at radius 2 is 2.25 bits per heavy atom. The Hall–Kier alpha value is -1.42. The maximum absolute atomic E-state index is 10.3. The number of nitroso groups, excluding NO2 is 1. The van der Waals surface area contributed by atoms with Crippen LogP contribution in [0.25, 0.3) is 10.1 Å². The largest absolute Gasteiger partial charge is 0.507 e. The van der Waals surface area contributed by atoms with Crippen molar-refractivity contribution in [3.63, 3.8) is 0 Å². The van der Waals surface area contributed by atoms with Gasteiger partial charge in [0.1, 0.15) is 11.4 Å². The molecule has 0 aliphatic rings. The van der Waals surface area contributed by atoms with Crippen LogP contribution in [0.15, 0.2) is 28.8 Å². The minimum absolute atomic E-state index is 0.114. The zero-order valence-corrected chi connectivity index (χ0v) is 6.84. The molecule has 1 N–H and O–H groups in total. The molecule has 0 radical (unpaired) electrons. The van der Waals surface area contributed by atoms with Crippen molar-refractivity contribution in [2.24, 2.45) is 5.18 Å². The summed E-state index contributed by atoms with van der Waals surface area (Å²) in [7, 11) is 0. The molecule has 0 atom stereocenters. The fourth-order valence-electron chi connectivity index (χ4n) is 1.12. The van der Waals surface area contributed by atoms with Crippen LogP contribution in [-0.4, -0.2) is 5.11 Å². The summed E-state index contributed by atoms with van der Waals surface area (Å²) < 4.78 is 0.879. The van der Waals surface area contributed by atoms with E-state index in [9.17, 15) is 10.0 Å². The lowest BCUT2D eigenvalue weighted by Gasteiger charge is -1.92. The summed E-state index contributed by atoms with van der Waals surface area (Å²) in [5.41, 5.74) is 0.313. The van der Waals surface area contributed by atoms with E-state index in [0.717, 1.165) is 4.70 Å². The summed E-state index contributed by atoms with van der Waals surface area (Å²) in [6.07, 6.45) is 0. The van der Waals surface area contributed by atoms with Crippen LogP contribution in [0.3, 0.4) is 0 Å². The molecule has 2 aromatic rings. The Kier molecular flexibility index (Phi) is 1.55. The lowest BCUT2D eigenvalue weighted by molar-refractivity contribution is 0.482. The van der Waals surface area contributed by atoms with Crippen LogP contribution in [0.4, 0.5) is 5.69 Å². The smallest absolute Gasteiger partial charge is 0.130 e. The third-order valence-electron chi connectivity index (χ3n) is 1.66. The molecule has 1 heterocycles. The predicted molar refractivity (Wildman–Crippen MR) is 48.9 cm³/mol. The molecule has 0 bridgehead atoms. The number of aromatic hydroxyl groups is 1. The van der Waals surface area contributed by atoms with Crippen LogP contribution in [0.5, 0.6) is 5.75 Å². The van der Waals surface area contributed by atoms with Crippen molar-refractivity contribution in [1.29, 1.82) is 0 Å². The Morgan fingerprint density at radius 3 is 3.00 bits per heavy atom. The zero-order valence-electron chi connectivity index (χ0n) is 6.02. The van der Waals surface area contributed by atoms with Crippen molar-refractivity contribution in [3.8, 4) is 5.75 Å². The molecule has 0 amide bonds. The van der Waals surface area contributed by atoms with Gasteiger partial charge in [-0.05, 0) is 17.3 Å². The minimum atomic E-state index is 0.114. The number of hydrogen-bond acceptors (Lipinski definition) is 4. The quantitative estimate of drug-likeness (QED) is 0.684. The average molecular weight is 179 g/mol. The van der Waals surface area contributed by atoms with E-state index >= 15 is 0 Å². The second-order valence-corrected chi connectivity index (χ2v) is 3.27. The summed E-state index contributed by atoms with van der Waals surface area (Å²) in [5, 5.41) is 14.4. The van der Waals surface area contributed by atoms with Gasteiger partial charge in [-0.15, -0.1) is 16.2 Å². The third-order valence-corrected chi connectivity index (χ3v) is 2.59. The Labute approximate surface area is 72.2 Å². The third kappa shape index (κ3) is 0.887. The van der Waals surface area contributed by atoms with Gasteiger partial charge in [-0.25, -0.2) is 0 Å². The fourth-order valence-corrected chi connectivity index (χ4v) is 2.00. The highest BCUT2D eigenvalue weighted by molar-refractivity contribution is 7.17. The van der Waals surface area contributed by atoms with Crippen molar-refractivity contribution in [2.75, 3.05) is 0 Å². The van der Waals surface area contributed by atoms with Gasteiger partial charge in [-0.3, -0.25) is 0 Å². The van der Waals surface area contributed by atoms with E-state index in [1.807, 2.05) is 6.07 Å². The van der Waals surface area contributed by atoms with Gasteiger partial charge >= 0.3 is 0 Å². The van der Waals surface area contributed by atoms with Gasteiger partial charge in [0.2, 0.25) is 0 Å². The van der Waals surface area contributed by atoms with E-state index in [1.165, 1.54) is 11.3 Å². The molecule has 0 aliphatic carbocycles. The molecule has 1 aromatic heterocycles. The summed E-state index contributed by atoms with van der Waals surface area (Å²) >= 11 is 1.40. The number of thiophene rings is 1. The van der Waals surface area contributed by atoms with E-state index < -0.39 is 0 Å². The average Bonchev–Trinajstić information content (AvgIpc) is 2.49. The molecule has 0 unspecified atom stereocenters. The molecule has 0 fully saturated rings. The molecule has 2 rings (SSSR count). The maximum Gasteiger partial charge on any atom is 0.130 e. The van der Waals surface area contributed by atoms with E-state index in [1.54, 1.807) is 17.5 Å². The van der Waals surface area contributed by atoms with Gasteiger partial charge in [-0.1, -0.05) is 6.07 Å². The van der Waals surface area contributed by atoms with E-state index in [0.29, 0.717) is 11.1 Å². The first-order chi connectivity index (χ1) is 5.83. The van der Waals surface area contributed by atoms with Crippen LogP contribution >= 0.6 is 11.3 Å². The second-order valence-electron chi connectivity index (χ2n) is 2.36. The van der Waals surface area contributed by atoms with Gasteiger partial charge in [0, 0.05) is 10.1 Å². The van der Waals surface area contributed by atoms with E-state index in [2.05, 4.69) is 5.18 Å². The summed E-state index contributed by atoms with van der Waals surface area (Å²) in [6.45, 7) is 0. The zero-order chi connectivity index (χ0) is 8.55. The fraction of sp³-hybridized carbons (Fsp3) is 0. The second kappa shape index (κ2) is 2.57. The lowest BCUT2D eigenvalue weighted by Crippen LogP contribution is -1.65. The number of benzene rings is 1. The topological polar surface area (TPSA) is 49.7 Å². The highest BCUT2D eigenvalue weighted by Gasteiger charge is 2.07. The van der Waals surface area contributed by atoms with E-state index in [4.69, 9.17) is 0 Å². The molecule has 4 heteroatoms. The van der Waals surface area contributed by atoms with Crippen LogP contribution in [0.1, 0.15) is 0 Å². The minimum Gasteiger partial charge on any atom is -0.507 e. The number of phenolic OH excluding ortho intramolecular Hbond substituents is 1. The Morgan fingerprint density at radius 1 is 1.42 bits per heavy atom. The molecule has 0 saturated carbocycles. The molecule has 60 valence electrons. The first-order valence-corrected chi connectivity index (χ1v) is 4.23. The predicted octanol–water partition coefficient (Wildman–Crippen LogP) is 3.00. The summed E-state index contributed by atoms with van der Waals surface area (Å²) in [4.78, 5) is 10.3. The van der Waals surface area contributed by atoms with Crippen molar-refractivity contribution in [3.05, 3.63) is 28.5 Å². The van der Waals surface area contributed by atoms with Gasteiger partial charge in [-0.2, -0.15) is 0 Å². The molecular weight excluding hydrogens is 174 g/mol. The standard InChI is InChI=1S/C8H5NO2S/c10-6-2-1-3-7-8(6)5(9-11)4-12-7/h1-4,10H. The molecule has 3 nitrogen and oxygen atoms in total. The van der Waals surface area contributed by atoms with Crippen molar-refractivity contribution in [1.82, 2.24) is 0 Å². The highest BCUT2D eigenvalue weighted by Crippen LogP contribution is 2.37. The number of phenols is 1. The van der Waals surface area contributed by atoms with Crippen LogP contribution in [-0.2, 0) is 0 Å². The van der Waals surface area contributed by atoms with E-state index in [-0.39, 0.29) is 5.75 Å². The molecule has 0 aliphatic heterocycles. The molecule has 0 saturated heterocycles. The summed E-state index contributed by atoms with van der Waals surface area (Å²) in [6, 6.07) is 5.13. The molecule has 0 spiro atoms. The van der Waals surface area contributed by atoms with Gasteiger partial charge in [0.05, 0.1) is 5.39 Å². The van der Waals surface area contributed by atoms with Crippen molar-refractivity contribution < 1.29 is 5.11 Å². The Balaban J connectivity index is 2.91. The van der Waals surface area contributed by atoms with Crippen molar-refractivity contribution >= 4 is 27.1 Å². The number of rotatable bonds is 1. The van der Waals surface area contributed by atoms with Crippen LogP contribution in [0.2, 0.25) is 0 Å². The van der Waals surface area contributed by atoms with Crippen LogP contribution < -0.4 is 0 Å². The van der Waals surface area contributed by atoms with Crippen molar-refractivity contribution in [2.45, 2.75) is 0 Å². The number of fused-ring (bicyclic) bond motifs is 1. The lowest BCUT2D eigenvalue weighted by atomic mass is 10.2. The highest BCUT2D eigenvalue weighted by atomic mass is 32.1. The number of hydrogen-bond donors (Lipinski definition) is 1. The summed E-state index contributed by atoms with van der Waals surface area (Å²) in [5.74, 6) is 0.114. The monoisotopic (exact) mass is 179 g/mol. The van der Waals surface area contributed by atoms with Gasteiger partial charge in [0.15, 0.2) is 0 Å². The normalized spacial score (nSPS) is 10.3. The Bertz CT molecular complexity index is 436. The SMILES string of the molecule is O=Nc1csc2cccc(O)c12. The molecular formula is C8H5NO2S.